The quantitative estimate of drug-likeness (QED) is 0.161. The van der Waals surface area contributed by atoms with Crippen LogP contribution in [-0.2, 0) is 20.1 Å². The van der Waals surface area contributed by atoms with Gasteiger partial charge >= 0.3 is 0 Å². The van der Waals surface area contributed by atoms with Gasteiger partial charge < -0.3 is 9.97 Å². The van der Waals surface area contributed by atoms with E-state index in [0.29, 0.717) is 0 Å². The molecule has 0 atom stereocenters. The van der Waals surface area contributed by atoms with Crippen molar-refractivity contribution < 1.29 is 20.1 Å². The van der Waals surface area contributed by atoms with Crippen LogP contribution in [0, 0.1) is 12.1 Å². The Hall–Kier alpha value is -5.51. The van der Waals surface area contributed by atoms with E-state index in [9.17, 15) is 0 Å². The summed E-state index contributed by atoms with van der Waals surface area (Å²) in [5.41, 5.74) is 11.3. The Balaban J connectivity index is 0.000000255. The normalized spacial score (nSPS) is 10.6. The molecule has 1 radical (unpaired) electrons. The summed E-state index contributed by atoms with van der Waals surface area (Å²) < 4.78 is 2.68. The number of rotatable bonds is 5. The molecule has 0 amide bonds. The van der Waals surface area contributed by atoms with Crippen molar-refractivity contribution in [3.63, 3.8) is 0 Å². The molecule has 0 aliphatic carbocycles. The monoisotopic (exact) mass is 835 g/mol. The van der Waals surface area contributed by atoms with Crippen molar-refractivity contribution in [2.75, 3.05) is 0 Å². The van der Waals surface area contributed by atoms with Gasteiger partial charge in [0.2, 0.25) is 0 Å². The maximum Gasteiger partial charge on any atom is 0.0433 e. The summed E-state index contributed by atoms with van der Waals surface area (Å²) in [5.74, 6) is 0. The molecular formula is C46H30IrN2S-2. The average Bonchev–Trinajstić information content (AvgIpc) is 3.58. The van der Waals surface area contributed by atoms with Crippen LogP contribution < -0.4 is 0 Å². The van der Waals surface area contributed by atoms with Crippen LogP contribution in [0.15, 0.2) is 182 Å². The summed E-state index contributed by atoms with van der Waals surface area (Å²) in [4.78, 5) is 8.69. The number of pyridine rings is 2. The van der Waals surface area contributed by atoms with Crippen LogP contribution in [0.3, 0.4) is 0 Å². The molecule has 0 saturated heterocycles. The standard InChI is InChI=1S/C35H22NS.C11H8N.Ir/c1-2-16-34-31(12-1)32-14-7-13-30(35(32)37-34)28-10-5-8-26(22-28)24-17-19-25(20-18-24)27-9-6-11-29(23-27)33-15-3-4-21-36-33;1-2-6-10(7-3-1)11-8-4-5-9-12-11;/h1-10,12-23H;1-6,8-9H;/q2*-1;. The number of benzene rings is 6. The fraction of sp³-hybridized carbons (Fsp3) is 0. The van der Waals surface area contributed by atoms with Gasteiger partial charge in [-0.15, -0.1) is 82.6 Å². The Morgan fingerprint density at radius 3 is 1.76 bits per heavy atom. The van der Waals surface area contributed by atoms with E-state index in [4.69, 9.17) is 0 Å². The second-order valence-electron chi connectivity index (χ2n) is 11.6. The van der Waals surface area contributed by atoms with Crippen molar-refractivity contribution in [2.45, 2.75) is 0 Å². The van der Waals surface area contributed by atoms with Crippen LogP contribution >= 0.6 is 11.3 Å². The molecule has 0 N–H and O–H groups in total. The van der Waals surface area contributed by atoms with E-state index in [-0.39, 0.29) is 20.1 Å². The molecule has 6 aromatic carbocycles. The largest absolute Gasteiger partial charge is 0.305 e. The third-order valence-electron chi connectivity index (χ3n) is 8.52. The molecule has 3 heterocycles. The Morgan fingerprint density at radius 1 is 0.420 bits per heavy atom. The molecule has 2 nitrogen and oxygen atoms in total. The van der Waals surface area contributed by atoms with Crippen LogP contribution in [0.5, 0.6) is 0 Å². The summed E-state index contributed by atoms with van der Waals surface area (Å²) >= 11 is 1.88. The predicted molar refractivity (Wildman–Crippen MR) is 206 cm³/mol. The van der Waals surface area contributed by atoms with Gasteiger partial charge in [0.15, 0.2) is 0 Å². The molecule has 0 unspecified atom stereocenters. The zero-order valence-corrected chi connectivity index (χ0v) is 30.2. The first kappa shape index (κ1) is 33.0. The first-order chi connectivity index (χ1) is 24.3. The van der Waals surface area contributed by atoms with Crippen molar-refractivity contribution in [3.05, 3.63) is 194 Å². The second-order valence-corrected chi connectivity index (χ2v) is 12.7. The van der Waals surface area contributed by atoms with Crippen LogP contribution in [0.2, 0.25) is 0 Å². The summed E-state index contributed by atoms with van der Waals surface area (Å²) in [6.07, 6.45) is 3.61. The SMILES string of the molecule is [Ir].[c-]1ccc(-c2ccc(-c3cccc(-c4cccc5c4sc4ccccc45)c3)cc2)cc1-c1ccccn1.[c-]1ccccc1-c1ccccn1. The molecule has 3 aromatic heterocycles. The van der Waals surface area contributed by atoms with Crippen molar-refractivity contribution in [3.8, 4) is 55.9 Å². The number of nitrogens with zero attached hydrogens (tertiary/aromatic N) is 2. The molecule has 0 fully saturated rings. The molecule has 241 valence electrons. The summed E-state index contributed by atoms with van der Waals surface area (Å²) in [6.45, 7) is 0. The van der Waals surface area contributed by atoms with Gasteiger partial charge in [-0.2, -0.15) is 0 Å². The van der Waals surface area contributed by atoms with E-state index < -0.39 is 0 Å². The van der Waals surface area contributed by atoms with Gasteiger partial charge in [0.05, 0.1) is 0 Å². The first-order valence-electron chi connectivity index (χ1n) is 16.2. The van der Waals surface area contributed by atoms with E-state index in [1.807, 2.05) is 84.3 Å². The zero-order valence-electron chi connectivity index (χ0n) is 27.0. The Kier molecular flexibility index (Phi) is 10.1. The van der Waals surface area contributed by atoms with E-state index in [1.165, 1.54) is 48.0 Å². The van der Waals surface area contributed by atoms with E-state index in [0.717, 1.165) is 28.1 Å². The number of thiophene rings is 1. The summed E-state index contributed by atoms with van der Waals surface area (Å²) in [5, 5.41) is 2.67. The molecule has 9 rings (SSSR count). The molecule has 0 bridgehead atoms. The molecule has 50 heavy (non-hydrogen) atoms. The Labute approximate surface area is 310 Å². The van der Waals surface area contributed by atoms with Crippen molar-refractivity contribution in [1.29, 1.82) is 0 Å². The number of aromatic nitrogens is 2. The van der Waals surface area contributed by atoms with Crippen LogP contribution in [0.1, 0.15) is 0 Å². The number of hydrogen-bond donors (Lipinski definition) is 0. The minimum Gasteiger partial charge on any atom is -0.305 e. The third kappa shape index (κ3) is 7.10. The zero-order chi connectivity index (χ0) is 32.8. The van der Waals surface area contributed by atoms with Gasteiger partial charge in [-0.25, -0.2) is 0 Å². The van der Waals surface area contributed by atoms with Crippen molar-refractivity contribution in [1.82, 2.24) is 9.97 Å². The minimum atomic E-state index is 0. The third-order valence-corrected chi connectivity index (χ3v) is 9.74. The number of fused-ring (bicyclic) bond motifs is 3. The molecule has 9 aromatic rings. The van der Waals surface area contributed by atoms with Gasteiger partial charge in [0.1, 0.15) is 0 Å². The molecular weight excluding hydrogens is 805 g/mol. The average molecular weight is 835 g/mol. The topological polar surface area (TPSA) is 25.8 Å². The number of hydrogen-bond acceptors (Lipinski definition) is 3. The predicted octanol–water partition coefficient (Wildman–Crippen LogP) is 12.5. The Bertz CT molecular complexity index is 2440. The van der Waals surface area contributed by atoms with Crippen molar-refractivity contribution >= 4 is 31.5 Å². The maximum atomic E-state index is 4.47. The summed E-state index contributed by atoms with van der Waals surface area (Å²) in [7, 11) is 0. The maximum absolute atomic E-state index is 4.47. The van der Waals surface area contributed by atoms with E-state index in [2.05, 4.69) is 125 Å². The van der Waals surface area contributed by atoms with Gasteiger partial charge in [0.25, 0.3) is 0 Å². The van der Waals surface area contributed by atoms with Gasteiger partial charge in [-0.3, -0.25) is 0 Å². The van der Waals surface area contributed by atoms with Gasteiger partial charge in [-0.05, 0) is 63.5 Å². The van der Waals surface area contributed by atoms with Crippen LogP contribution in [0.25, 0.3) is 76.1 Å². The van der Waals surface area contributed by atoms with Crippen LogP contribution in [0.4, 0.5) is 0 Å². The molecule has 0 aliphatic rings. The second kappa shape index (κ2) is 15.4. The summed E-state index contributed by atoms with van der Waals surface area (Å²) in [6, 6.07) is 65.4. The van der Waals surface area contributed by atoms with Crippen LogP contribution in [-0.4, -0.2) is 9.97 Å². The van der Waals surface area contributed by atoms with Gasteiger partial charge in [0, 0.05) is 52.7 Å². The van der Waals surface area contributed by atoms with E-state index >= 15 is 0 Å². The molecule has 4 heteroatoms. The van der Waals surface area contributed by atoms with Crippen molar-refractivity contribution in [2.24, 2.45) is 0 Å². The fourth-order valence-corrected chi connectivity index (χ4v) is 7.32. The first-order valence-corrected chi connectivity index (χ1v) is 17.0. The Morgan fingerprint density at radius 2 is 1.04 bits per heavy atom. The fourth-order valence-electron chi connectivity index (χ4n) is 6.09. The molecule has 0 spiro atoms. The smallest absolute Gasteiger partial charge is 0.0433 e. The van der Waals surface area contributed by atoms with Gasteiger partial charge in [-0.1, -0.05) is 103 Å². The molecule has 0 saturated carbocycles. The minimum absolute atomic E-state index is 0. The molecule has 0 aliphatic heterocycles. The van der Waals surface area contributed by atoms with E-state index in [1.54, 1.807) is 6.20 Å².